The molecule has 126 valence electrons. The lowest BCUT2D eigenvalue weighted by molar-refractivity contribution is 0.0240. The van der Waals surface area contributed by atoms with E-state index in [1.54, 1.807) is 17.0 Å². The summed E-state index contributed by atoms with van der Waals surface area (Å²) in [5.74, 6) is 0. The maximum atomic E-state index is 12.1. The molecule has 0 atom stereocenters. The first kappa shape index (κ1) is 18.1. The number of ether oxygens (including phenoxy) is 1. The molecule has 8 heteroatoms. The molecule has 6 nitrogen and oxygen atoms in total. The van der Waals surface area contributed by atoms with Crippen molar-refractivity contribution >= 4 is 40.3 Å². The van der Waals surface area contributed by atoms with Gasteiger partial charge in [0.25, 0.3) is 0 Å². The van der Waals surface area contributed by atoms with Gasteiger partial charge in [-0.1, -0.05) is 15.9 Å². The van der Waals surface area contributed by atoms with Crippen molar-refractivity contribution in [1.29, 1.82) is 0 Å². The van der Waals surface area contributed by atoms with E-state index in [1.165, 1.54) is 0 Å². The fraction of sp³-hybridized carbons (Fsp3) is 0.533. The van der Waals surface area contributed by atoms with Crippen molar-refractivity contribution in [3.63, 3.8) is 0 Å². The van der Waals surface area contributed by atoms with Crippen molar-refractivity contribution in [3.05, 3.63) is 22.7 Å². The Morgan fingerprint density at radius 2 is 1.78 bits per heavy atom. The molecule has 1 aromatic carbocycles. The second kappa shape index (κ2) is 7.11. The summed E-state index contributed by atoms with van der Waals surface area (Å²) in [7, 11) is -1.51. The van der Waals surface area contributed by atoms with E-state index in [0.717, 1.165) is 10.2 Å². The molecule has 1 aromatic rings. The Bertz CT molecular complexity index is 569. The lowest BCUT2D eigenvalue weighted by Crippen LogP contribution is -2.50. The van der Waals surface area contributed by atoms with Crippen LogP contribution in [0.4, 0.5) is 10.5 Å². The molecule has 0 aromatic heterocycles. The summed E-state index contributed by atoms with van der Waals surface area (Å²) in [5, 5.41) is 18.7. The van der Waals surface area contributed by atoms with Gasteiger partial charge in [0.2, 0.25) is 0 Å². The number of benzene rings is 1. The predicted molar refractivity (Wildman–Crippen MR) is 94.0 cm³/mol. The Balaban J connectivity index is 2.01. The third kappa shape index (κ3) is 5.12. The number of anilines is 1. The Morgan fingerprint density at radius 3 is 2.30 bits per heavy atom. The summed E-state index contributed by atoms with van der Waals surface area (Å²) in [4.78, 5) is 15.9. The van der Waals surface area contributed by atoms with Gasteiger partial charge in [-0.15, -0.1) is 0 Å². The summed E-state index contributed by atoms with van der Waals surface area (Å²) >= 11 is 3.38. The molecule has 1 amide bonds. The minimum atomic E-state index is -1.51. The van der Waals surface area contributed by atoms with Gasteiger partial charge in [-0.3, -0.25) is 0 Å². The fourth-order valence-corrected chi connectivity index (χ4v) is 2.90. The Kier molecular flexibility index (Phi) is 5.59. The van der Waals surface area contributed by atoms with Crippen molar-refractivity contribution in [2.75, 3.05) is 31.1 Å². The summed E-state index contributed by atoms with van der Waals surface area (Å²) < 4.78 is 6.17. The van der Waals surface area contributed by atoms with Crippen molar-refractivity contribution in [2.45, 2.75) is 26.4 Å². The van der Waals surface area contributed by atoms with E-state index in [2.05, 4.69) is 20.8 Å². The van der Waals surface area contributed by atoms with Crippen LogP contribution in [0.25, 0.3) is 0 Å². The predicted octanol–water partition coefficient (Wildman–Crippen LogP) is 1.19. The van der Waals surface area contributed by atoms with E-state index >= 15 is 0 Å². The Hall–Kier alpha value is -1.25. The van der Waals surface area contributed by atoms with Gasteiger partial charge in [0, 0.05) is 36.3 Å². The average molecular weight is 385 g/mol. The second-order valence-electron chi connectivity index (χ2n) is 6.57. The van der Waals surface area contributed by atoms with Crippen molar-refractivity contribution in [2.24, 2.45) is 0 Å². The second-order valence-corrected chi connectivity index (χ2v) is 7.49. The topological polar surface area (TPSA) is 73.2 Å². The van der Waals surface area contributed by atoms with Crippen LogP contribution in [0.1, 0.15) is 20.8 Å². The molecule has 1 aliphatic rings. The van der Waals surface area contributed by atoms with E-state index in [1.807, 2.05) is 26.8 Å². The van der Waals surface area contributed by atoms with E-state index in [9.17, 15) is 14.8 Å². The van der Waals surface area contributed by atoms with Gasteiger partial charge in [-0.2, -0.15) is 0 Å². The normalized spacial score (nSPS) is 15.6. The zero-order valence-corrected chi connectivity index (χ0v) is 15.2. The average Bonchev–Trinajstić information content (AvgIpc) is 2.45. The van der Waals surface area contributed by atoms with E-state index in [0.29, 0.717) is 31.6 Å². The van der Waals surface area contributed by atoms with Gasteiger partial charge in [0.05, 0.1) is 0 Å². The molecule has 0 aliphatic carbocycles. The smallest absolute Gasteiger partial charge is 0.444 e. The molecule has 1 fully saturated rings. The minimum absolute atomic E-state index is 0.294. The number of nitrogens with zero attached hydrogens (tertiary/aromatic N) is 2. The van der Waals surface area contributed by atoms with Crippen LogP contribution in [0.15, 0.2) is 22.7 Å². The van der Waals surface area contributed by atoms with Crippen LogP contribution in [0.5, 0.6) is 0 Å². The van der Waals surface area contributed by atoms with Crippen molar-refractivity contribution < 1.29 is 19.6 Å². The maximum Gasteiger partial charge on any atom is 0.488 e. The van der Waals surface area contributed by atoms with Gasteiger partial charge >= 0.3 is 13.2 Å². The third-order valence-electron chi connectivity index (χ3n) is 3.50. The number of carbonyl (C=O) groups excluding carboxylic acids is 1. The highest BCUT2D eigenvalue weighted by atomic mass is 79.9. The minimum Gasteiger partial charge on any atom is -0.444 e. The first-order chi connectivity index (χ1) is 10.7. The molecular weight excluding hydrogens is 363 g/mol. The van der Waals surface area contributed by atoms with E-state index in [4.69, 9.17) is 4.74 Å². The number of hydrogen-bond acceptors (Lipinski definition) is 5. The van der Waals surface area contributed by atoms with Gasteiger partial charge in [-0.25, -0.2) is 4.79 Å². The standard InChI is InChI=1S/C15H22BBrN2O4/c1-15(2,3)23-14(20)19-6-4-18(5-7-19)13-9-11(16(21)22)8-12(17)10-13/h8-10,21-22H,4-7H2,1-3H3. The Morgan fingerprint density at radius 1 is 1.17 bits per heavy atom. The molecule has 0 spiro atoms. The lowest BCUT2D eigenvalue weighted by atomic mass is 9.80. The quantitative estimate of drug-likeness (QED) is 0.749. The van der Waals surface area contributed by atoms with Gasteiger partial charge in [0.15, 0.2) is 0 Å². The molecule has 1 heterocycles. The number of rotatable bonds is 2. The summed E-state index contributed by atoms with van der Waals surface area (Å²) in [6, 6.07) is 5.35. The van der Waals surface area contributed by atoms with Crippen LogP contribution in [0.2, 0.25) is 0 Å². The van der Waals surface area contributed by atoms with Crippen LogP contribution in [0.3, 0.4) is 0 Å². The van der Waals surface area contributed by atoms with Gasteiger partial charge in [0.1, 0.15) is 5.60 Å². The molecule has 0 bridgehead atoms. The number of halogens is 1. The molecule has 0 unspecified atom stereocenters. The third-order valence-corrected chi connectivity index (χ3v) is 3.96. The van der Waals surface area contributed by atoms with Gasteiger partial charge < -0.3 is 24.6 Å². The van der Waals surface area contributed by atoms with Crippen LogP contribution < -0.4 is 10.4 Å². The van der Waals surface area contributed by atoms with Gasteiger partial charge in [-0.05, 0) is 44.4 Å². The summed E-state index contributed by atoms with van der Waals surface area (Å²) in [5.41, 5.74) is 0.834. The fourth-order valence-electron chi connectivity index (χ4n) is 2.40. The largest absolute Gasteiger partial charge is 0.488 e. The monoisotopic (exact) mass is 384 g/mol. The lowest BCUT2D eigenvalue weighted by Gasteiger charge is -2.37. The highest BCUT2D eigenvalue weighted by Crippen LogP contribution is 2.21. The molecule has 0 saturated carbocycles. The van der Waals surface area contributed by atoms with Crippen LogP contribution in [-0.2, 0) is 4.74 Å². The SMILES string of the molecule is CC(C)(C)OC(=O)N1CCN(c2cc(Br)cc(B(O)O)c2)CC1. The summed E-state index contributed by atoms with van der Waals surface area (Å²) in [6.45, 7) is 8.02. The first-order valence-electron chi connectivity index (χ1n) is 7.55. The van der Waals surface area contributed by atoms with Crippen molar-refractivity contribution in [3.8, 4) is 0 Å². The van der Waals surface area contributed by atoms with Crippen LogP contribution in [0, 0.1) is 0 Å². The molecule has 23 heavy (non-hydrogen) atoms. The highest BCUT2D eigenvalue weighted by Gasteiger charge is 2.26. The molecular formula is C15H22BBrN2O4. The van der Waals surface area contributed by atoms with Crippen LogP contribution in [-0.4, -0.2) is 59.9 Å². The zero-order valence-electron chi connectivity index (χ0n) is 13.6. The molecule has 2 rings (SSSR count). The zero-order chi connectivity index (χ0) is 17.2. The molecule has 0 radical (unpaired) electrons. The summed E-state index contributed by atoms with van der Waals surface area (Å²) in [6.07, 6.45) is -0.294. The first-order valence-corrected chi connectivity index (χ1v) is 8.34. The molecule has 1 aliphatic heterocycles. The van der Waals surface area contributed by atoms with Crippen LogP contribution >= 0.6 is 15.9 Å². The number of hydrogen-bond donors (Lipinski definition) is 2. The number of amides is 1. The molecule has 2 N–H and O–H groups in total. The number of carbonyl (C=O) groups is 1. The number of piperazine rings is 1. The highest BCUT2D eigenvalue weighted by molar-refractivity contribution is 9.10. The Labute approximate surface area is 145 Å². The van der Waals surface area contributed by atoms with E-state index in [-0.39, 0.29) is 6.09 Å². The van der Waals surface area contributed by atoms with Crippen molar-refractivity contribution in [1.82, 2.24) is 4.90 Å². The molecule has 1 saturated heterocycles. The maximum absolute atomic E-state index is 12.1. The van der Waals surface area contributed by atoms with E-state index < -0.39 is 12.7 Å².